The van der Waals surface area contributed by atoms with Gasteiger partial charge in [0.1, 0.15) is 11.5 Å². The summed E-state index contributed by atoms with van der Waals surface area (Å²) in [5, 5.41) is 3.64. The summed E-state index contributed by atoms with van der Waals surface area (Å²) in [5.41, 5.74) is 4.71. The van der Waals surface area contributed by atoms with E-state index in [4.69, 9.17) is 4.74 Å². The van der Waals surface area contributed by atoms with Crippen LogP contribution in [0.15, 0.2) is 72.8 Å². The molecule has 0 aromatic heterocycles. The Morgan fingerprint density at radius 1 is 0.727 bits per heavy atom. The molecule has 0 atom stereocenters. The van der Waals surface area contributed by atoms with Crippen molar-refractivity contribution >= 4 is 5.69 Å². The first-order valence-electron chi connectivity index (χ1n) is 7.50. The van der Waals surface area contributed by atoms with E-state index in [1.807, 2.05) is 24.3 Å². The third-order valence-electron chi connectivity index (χ3n) is 4.04. The molecule has 2 heteroatoms. The van der Waals surface area contributed by atoms with Crippen LogP contribution in [-0.4, -0.2) is 0 Å². The highest BCUT2D eigenvalue weighted by molar-refractivity contribution is 5.58. The van der Waals surface area contributed by atoms with Gasteiger partial charge in [0.15, 0.2) is 0 Å². The summed E-state index contributed by atoms with van der Waals surface area (Å²) in [6.45, 7) is 2.10. The summed E-state index contributed by atoms with van der Waals surface area (Å²) >= 11 is 0. The molecular weight excluding hydrogens is 270 g/mol. The summed E-state index contributed by atoms with van der Waals surface area (Å²) in [7, 11) is 0. The number of fused-ring (bicyclic) bond motifs is 2. The van der Waals surface area contributed by atoms with E-state index in [0.717, 1.165) is 17.2 Å². The zero-order valence-electron chi connectivity index (χ0n) is 12.4. The van der Waals surface area contributed by atoms with Gasteiger partial charge in [0.05, 0.1) is 6.04 Å². The van der Waals surface area contributed by atoms with Crippen LogP contribution in [0.4, 0.5) is 5.69 Å². The van der Waals surface area contributed by atoms with Crippen molar-refractivity contribution in [1.82, 2.24) is 0 Å². The van der Waals surface area contributed by atoms with Crippen LogP contribution in [0.2, 0.25) is 0 Å². The van der Waals surface area contributed by atoms with Crippen LogP contribution >= 0.6 is 0 Å². The van der Waals surface area contributed by atoms with Crippen LogP contribution in [0.25, 0.3) is 0 Å². The minimum atomic E-state index is 0.101. The largest absolute Gasteiger partial charge is 0.457 e. The van der Waals surface area contributed by atoms with Gasteiger partial charge < -0.3 is 10.1 Å². The Kier molecular flexibility index (Phi) is 3.08. The maximum atomic E-state index is 6.02. The number of hydrogen-bond donors (Lipinski definition) is 1. The van der Waals surface area contributed by atoms with Crippen molar-refractivity contribution in [2.75, 3.05) is 5.32 Å². The van der Waals surface area contributed by atoms with Crippen LogP contribution < -0.4 is 10.1 Å². The number of anilines is 1. The number of nitrogens with one attached hydrogen (secondary N) is 1. The first kappa shape index (κ1) is 13.0. The molecule has 108 valence electrons. The molecule has 22 heavy (non-hydrogen) atoms. The van der Waals surface area contributed by atoms with Gasteiger partial charge in [-0.05, 0) is 31.2 Å². The van der Waals surface area contributed by atoms with Crippen LogP contribution in [0.5, 0.6) is 11.5 Å². The Morgan fingerprint density at radius 3 is 1.86 bits per heavy atom. The first-order valence-corrected chi connectivity index (χ1v) is 7.50. The topological polar surface area (TPSA) is 21.3 Å². The molecule has 1 N–H and O–H groups in total. The van der Waals surface area contributed by atoms with Crippen molar-refractivity contribution in [3.8, 4) is 11.5 Å². The van der Waals surface area contributed by atoms with E-state index in [0.29, 0.717) is 0 Å². The van der Waals surface area contributed by atoms with Crippen molar-refractivity contribution in [2.45, 2.75) is 13.0 Å². The van der Waals surface area contributed by atoms with E-state index in [-0.39, 0.29) is 6.04 Å². The Bertz CT molecular complexity index is 762. The Morgan fingerprint density at radius 2 is 1.27 bits per heavy atom. The number of aryl methyl sites for hydroxylation is 1. The quantitative estimate of drug-likeness (QED) is 0.690. The number of hydrogen-bond acceptors (Lipinski definition) is 2. The molecule has 0 saturated carbocycles. The lowest BCUT2D eigenvalue weighted by Gasteiger charge is -2.29. The molecule has 1 aliphatic rings. The fourth-order valence-corrected chi connectivity index (χ4v) is 2.88. The van der Waals surface area contributed by atoms with Crippen molar-refractivity contribution in [3.63, 3.8) is 0 Å². The van der Waals surface area contributed by atoms with E-state index >= 15 is 0 Å². The molecule has 0 fully saturated rings. The Balaban J connectivity index is 1.79. The number of rotatable bonds is 2. The monoisotopic (exact) mass is 287 g/mol. The van der Waals surface area contributed by atoms with E-state index in [9.17, 15) is 0 Å². The van der Waals surface area contributed by atoms with Crippen molar-refractivity contribution < 1.29 is 4.74 Å². The molecule has 0 spiro atoms. The van der Waals surface area contributed by atoms with Crippen molar-refractivity contribution in [2.24, 2.45) is 0 Å². The normalized spacial score (nSPS) is 13.0. The molecule has 0 amide bonds. The van der Waals surface area contributed by atoms with Gasteiger partial charge in [0.25, 0.3) is 0 Å². The standard InChI is InChI=1S/C20H17NO/c1-14-10-12-15(13-11-14)21-20-16-6-2-4-8-18(16)22-19-9-5-3-7-17(19)20/h2-13,20-21H,1H3. The van der Waals surface area contributed by atoms with E-state index < -0.39 is 0 Å². The van der Waals surface area contributed by atoms with Crippen molar-refractivity contribution in [3.05, 3.63) is 89.5 Å². The molecule has 0 unspecified atom stereocenters. The fourth-order valence-electron chi connectivity index (χ4n) is 2.88. The highest BCUT2D eigenvalue weighted by atomic mass is 16.5. The molecule has 0 aliphatic carbocycles. The minimum absolute atomic E-state index is 0.101. The average Bonchev–Trinajstić information content (AvgIpc) is 2.56. The number of benzene rings is 3. The second-order valence-corrected chi connectivity index (χ2v) is 5.62. The zero-order chi connectivity index (χ0) is 14.9. The summed E-state index contributed by atoms with van der Waals surface area (Å²) in [5.74, 6) is 1.84. The first-order chi connectivity index (χ1) is 10.8. The smallest absolute Gasteiger partial charge is 0.133 e. The molecule has 3 aromatic rings. The van der Waals surface area contributed by atoms with Crippen LogP contribution in [-0.2, 0) is 0 Å². The molecule has 4 rings (SSSR count). The van der Waals surface area contributed by atoms with Gasteiger partial charge >= 0.3 is 0 Å². The maximum Gasteiger partial charge on any atom is 0.133 e. The lowest BCUT2D eigenvalue weighted by atomic mass is 9.94. The number of para-hydroxylation sites is 2. The highest BCUT2D eigenvalue weighted by Crippen LogP contribution is 2.43. The summed E-state index contributed by atoms with van der Waals surface area (Å²) in [6, 6.07) is 25.0. The SMILES string of the molecule is Cc1ccc(NC2c3ccccc3Oc3ccccc32)cc1. The lowest BCUT2D eigenvalue weighted by Crippen LogP contribution is -2.17. The third-order valence-corrected chi connectivity index (χ3v) is 4.04. The van der Waals surface area contributed by atoms with Gasteiger partial charge in [0, 0.05) is 16.8 Å². The predicted molar refractivity (Wildman–Crippen MR) is 89.6 cm³/mol. The predicted octanol–water partition coefficient (Wildman–Crippen LogP) is 5.30. The summed E-state index contributed by atoms with van der Waals surface area (Å²) in [6.07, 6.45) is 0. The van der Waals surface area contributed by atoms with Gasteiger partial charge in [-0.3, -0.25) is 0 Å². The molecule has 0 radical (unpaired) electrons. The van der Waals surface area contributed by atoms with Gasteiger partial charge in [-0.15, -0.1) is 0 Å². The molecule has 3 aromatic carbocycles. The second-order valence-electron chi connectivity index (χ2n) is 5.62. The van der Waals surface area contributed by atoms with Crippen LogP contribution in [0.3, 0.4) is 0 Å². The Labute approximate surface area is 130 Å². The van der Waals surface area contributed by atoms with Crippen LogP contribution in [0.1, 0.15) is 22.7 Å². The average molecular weight is 287 g/mol. The Hall–Kier alpha value is -2.74. The molecular formula is C20H17NO. The van der Waals surface area contributed by atoms with Crippen LogP contribution in [0, 0.1) is 6.92 Å². The summed E-state index contributed by atoms with van der Waals surface area (Å²) in [4.78, 5) is 0. The molecule has 0 bridgehead atoms. The van der Waals surface area contributed by atoms with Gasteiger partial charge in [-0.1, -0.05) is 54.1 Å². The second kappa shape index (κ2) is 5.23. The molecule has 1 aliphatic heterocycles. The van der Waals surface area contributed by atoms with E-state index in [1.54, 1.807) is 0 Å². The summed E-state index contributed by atoms with van der Waals surface area (Å²) < 4.78 is 6.02. The van der Waals surface area contributed by atoms with E-state index in [2.05, 4.69) is 60.8 Å². The molecule has 0 saturated heterocycles. The van der Waals surface area contributed by atoms with E-state index in [1.165, 1.54) is 16.7 Å². The maximum absolute atomic E-state index is 6.02. The fraction of sp³-hybridized carbons (Fsp3) is 0.100. The van der Waals surface area contributed by atoms with Crippen molar-refractivity contribution in [1.29, 1.82) is 0 Å². The van der Waals surface area contributed by atoms with Gasteiger partial charge in [-0.25, -0.2) is 0 Å². The zero-order valence-corrected chi connectivity index (χ0v) is 12.4. The molecule has 1 heterocycles. The highest BCUT2D eigenvalue weighted by Gasteiger charge is 2.26. The minimum Gasteiger partial charge on any atom is -0.457 e. The third kappa shape index (κ3) is 2.23. The lowest BCUT2D eigenvalue weighted by molar-refractivity contribution is 0.451. The van der Waals surface area contributed by atoms with Gasteiger partial charge in [0.2, 0.25) is 0 Å². The van der Waals surface area contributed by atoms with Gasteiger partial charge in [-0.2, -0.15) is 0 Å². The molecule has 2 nitrogen and oxygen atoms in total. The number of ether oxygens (including phenoxy) is 1.